The van der Waals surface area contributed by atoms with Crippen molar-refractivity contribution in [3.63, 3.8) is 0 Å². The monoisotopic (exact) mass is 424 g/mol. The number of thiocarbonyl (C=S) groups is 1. The average Bonchev–Trinajstić information content (AvgIpc) is 3.22. The summed E-state index contributed by atoms with van der Waals surface area (Å²) in [4.78, 5) is 16.2. The first-order valence-corrected chi connectivity index (χ1v) is 9.86. The zero-order valence-corrected chi connectivity index (χ0v) is 16.3. The number of carbonyl (C=O) groups excluding carboxylic acids is 1. The maximum absolute atomic E-state index is 12.9. The number of anilines is 1. The first kappa shape index (κ1) is 19.1. The van der Waals surface area contributed by atoms with E-state index in [0.717, 1.165) is 12.1 Å². The largest absolute Gasteiger partial charge is 0.497 e. The third kappa shape index (κ3) is 3.12. The number of hydrogen-bond donors (Lipinski definition) is 0. The molecule has 146 valence electrons. The van der Waals surface area contributed by atoms with Crippen LogP contribution in [0.1, 0.15) is 16.5 Å². The van der Waals surface area contributed by atoms with E-state index in [2.05, 4.69) is 0 Å². The highest BCUT2D eigenvalue weighted by atomic mass is 32.2. The van der Waals surface area contributed by atoms with Crippen molar-refractivity contribution in [2.75, 3.05) is 17.8 Å². The normalized spacial score (nSPS) is 22.0. The van der Waals surface area contributed by atoms with Gasteiger partial charge in [-0.05, 0) is 54.2 Å². The molecule has 1 amide bonds. The van der Waals surface area contributed by atoms with Crippen LogP contribution in [0, 0.1) is 0 Å². The molecule has 4 rings (SSSR count). The van der Waals surface area contributed by atoms with Gasteiger partial charge >= 0.3 is 6.18 Å². The minimum atomic E-state index is -4.38. The predicted molar refractivity (Wildman–Crippen MR) is 105 cm³/mol. The van der Waals surface area contributed by atoms with Crippen molar-refractivity contribution in [3.8, 4) is 5.75 Å². The van der Waals surface area contributed by atoms with Crippen LogP contribution in [-0.2, 0) is 11.0 Å². The summed E-state index contributed by atoms with van der Waals surface area (Å²) >= 11 is 7.07. The van der Waals surface area contributed by atoms with Gasteiger partial charge in [-0.15, -0.1) is 11.8 Å². The van der Waals surface area contributed by atoms with E-state index in [1.54, 1.807) is 31.4 Å². The van der Waals surface area contributed by atoms with Gasteiger partial charge in [-0.3, -0.25) is 9.69 Å². The number of thioether (sulfide) groups is 1. The molecule has 4 nitrogen and oxygen atoms in total. The highest BCUT2D eigenvalue weighted by molar-refractivity contribution is 7.99. The molecule has 2 aromatic carbocycles. The molecule has 2 aromatic rings. The number of ether oxygens (including phenoxy) is 1. The lowest BCUT2D eigenvalue weighted by atomic mass is 10.1. The lowest BCUT2D eigenvalue weighted by Crippen LogP contribution is -2.33. The molecule has 0 bridgehead atoms. The minimum Gasteiger partial charge on any atom is -0.497 e. The Balaban J connectivity index is 1.61. The number of carbonyl (C=O) groups is 1. The minimum absolute atomic E-state index is 0.128. The molecule has 9 heteroatoms. The zero-order chi connectivity index (χ0) is 20.1. The van der Waals surface area contributed by atoms with Crippen molar-refractivity contribution in [2.45, 2.75) is 17.6 Å². The lowest BCUT2D eigenvalue weighted by Gasteiger charge is -2.26. The van der Waals surface area contributed by atoms with E-state index in [-0.39, 0.29) is 11.3 Å². The summed E-state index contributed by atoms with van der Waals surface area (Å²) in [6.45, 7) is 0. The van der Waals surface area contributed by atoms with Crippen LogP contribution >= 0.6 is 24.0 Å². The molecule has 0 N–H and O–H groups in total. The van der Waals surface area contributed by atoms with Crippen LogP contribution in [-0.4, -0.2) is 34.8 Å². The molecule has 0 spiro atoms. The molecule has 2 heterocycles. The summed E-state index contributed by atoms with van der Waals surface area (Å²) in [6.07, 6.45) is -4.38. The van der Waals surface area contributed by atoms with E-state index in [0.29, 0.717) is 27.9 Å². The van der Waals surface area contributed by atoms with Gasteiger partial charge in [0.1, 0.15) is 17.2 Å². The lowest BCUT2D eigenvalue weighted by molar-refractivity contribution is -0.137. The number of halogens is 3. The van der Waals surface area contributed by atoms with E-state index >= 15 is 0 Å². The zero-order valence-electron chi connectivity index (χ0n) is 14.6. The highest BCUT2D eigenvalue weighted by Crippen LogP contribution is 2.46. The van der Waals surface area contributed by atoms with Crippen LogP contribution in [0.3, 0.4) is 0 Å². The number of amides is 1. The quantitative estimate of drug-likeness (QED) is 0.680. The van der Waals surface area contributed by atoms with Gasteiger partial charge in [-0.2, -0.15) is 13.2 Å². The van der Waals surface area contributed by atoms with Crippen molar-refractivity contribution >= 4 is 40.7 Å². The van der Waals surface area contributed by atoms with E-state index in [4.69, 9.17) is 17.0 Å². The Bertz CT molecular complexity index is 916. The average molecular weight is 424 g/mol. The number of hydrogen-bond acceptors (Lipinski definition) is 4. The molecule has 2 saturated heterocycles. The van der Waals surface area contributed by atoms with Crippen molar-refractivity contribution < 1.29 is 22.7 Å². The number of methoxy groups -OCH3 is 1. The van der Waals surface area contributed by atoms with E-state index < -0.39 is 17.8 Å². The number of fused-ring (bicyclic) bond motifs is 1. The van der Waals surface area contributed by atoms with Crippen molar-refractivity contribution in [3.05, 3.63) is 59.7 Å². The van der Waals surface area contributed by atoms with Crippen molar-refractivity contribution in [1.82, 2.24) is 4.90 Å². The molecule has 2 fully saturated rings. The van der Waals surface area contributed by atoms with Gasteiger partial charge in [0, 0.05) is 5.75 Å². The second kappa shape index (κ2) is 6.97. The number of rotatable bonds is 3. The molecular formula is C19H15F3N2O2S2. The maximum atomic E-state index is 12.9. The van der Waals surface area contributed by atoms with Gasteiger partial charge in [0.15, 0.2) is 5.11 Å². The maximum Gasteiger partial charge on any atom is 0.416 e. The molecule has 0 saturated carbocycles. The van der Waals surface area contributed by atoms with Gasteiger partial charge in [-0.1, -0.05) is 12.1 Å². The SMILES string of the molecule is COc1ccc(N2C(=O)[C@H]3CS[C@H](c4ccc(C(F)(F)F)cc4)N3C2=S)cc1. The van der Waals surface area contributed by atoms with Gasteiger partial charge in [0.25, 0.3) is 5.91 Å². The number of alkyl halides is 3. The molecule has 0 unspecified atom stereocenters. The van der Waals surface area contributed by atoms with Crippen molar-refractivity contribution in [1.29, 1.82) is 0 Å². The fourth-order valence-corrected chi connectivity index (χ4v) is 5.27. The van der Waals surface area contributed by atoms with Crippen molar-refractivity contribution in [2.24, 2.45) is 0 Å². The smallest absolute Gasteiger partial charge is 0.416 e. The Morgan fingerprint density at radius 3 is 2.32 bits per heavy atom. The Hall–Kier alpha value is -2.26. The van der Waals surface area contributed by atoms with E-state index in [1.165, 1.54) is 28.8 Å². The summed E-state index contributed by atoms with van der Waals surface area (Å²) in [6, 6.07) is 11.6. The van der Waals surface area contributed by atoms with Crippen LogP contribution in [0.15, 0.2) is 48.5 Å². The fourth-order valence-electron chi connectivity index (χ4n) is 3.35. The number of nitrogens with zero attached hydrogens (tertiary/aromatic N) is 2. The van der Waals surface area contributed by atoms with Gasteiger partial charge in [-0.25, -0.2) is 0 Å². The fraction of sp³-hybridized carbons (Fsp3) is 0.263. The van der Waals surface area contributed by atoms with Crippen LogP contribution in [0.25, 0.3) is 0 Å². The molecule has 2 atom stereocenters. The molecule has 0 aromatic heterocycles. The Morgan fingerprint density at radius 1 is 1.11 bits per heavy atom. The first-order valence-electron chi connectivity index (χ1n) is 8.40. The van der Waals surface area contributed by atoms with Gasteiger partial charge < -0.3 is 9.64 Å². The summed E-state index contributed by atoms with van der Waals surface area (Å²) in [5.41, 5.74) is 0.629. The molecule has 28 heavy (non-hydrogen) atoms. The van der Waals surface area contributed by atoms with Crippen LogP contribution < -0.4 is 9.64 Å². The molecular weight excluding hydrogens is 409 g/mol. The van der Waals surface area contributed by atoms with E-state index in [9.17, 15) is 18.0 Å². The summed E-state index contributed by atoms with van der Waals surface area (Å²) in [5, 5.41) is 0.0575. The molecule has 0 radical (unpaired) electrons. The topological polar surface area (TPSA) is 32.8 Å². The molecule has 0 aliphatic carbocycles. The first-order chi connectivity index (χ1) is 13.3. The standard InChI is InChI=1S/C19H15F3N2O2S2/c1-26-14-8-6-13(7-9-14)23-16(25)15-10-28-17(24(15)18(23)27)11-2-4-12(5-3-11)19(20,21)22/h2-9,15,17H,10H2,1H3/t15-,17-/m1/s1. The van der Waals surface area contributed by atoms with Gasteiger partial charge in [0.2, 0.25) is 0 Å². The third-order valence-electron chi connectivity index (χ3n) is 4.77. The molecule has 2 aliphatic rings. The van der Waals surface area contributed by atoms with Crippen LogP contribution in [0.5, 0.6) is 5.75 Å². The van der Waals surface area contributed by atoms with Gasteiger partial charge in [0.05, 0.1) is 18.4 Å². The second-order valence-electron chi connectivity index (χ2n) is 6.38. The van der Waals surface area contributed by atoms with Crippen LogP contribution in [0.4, 0.5) is 18.9 Å². The summed E-state index contributed by atoms with van der Waals surface area (Å²) in [7, 11) is 1.56. The Labute approximate surface area is 169 Å². The predicted octanol–water partition coefficient (Wildman–Crippen LogP) is 4.46. The summed E-state index contributed by atoms with van der Waals surface area (Å²) < 4.78 is 43.6. The highest BCUT2D eigenvalue weighted by Gasteiger charge is 2.50. The Kier molecular flexibility index (Phi) is 4.75. The summed E-state index contributed by atoms with van der Waals surface area (Å²) in [5.74, 6) is 1.06. The molecule has 2 aliphatic heterocycles. The third-order valence-corrected chi connectivity index (χ3v) is 6.49. The second-order valence-corrected chi connectivity index (χ2v) is 7.86. The number of benzene rings is 2. The van der Waals surface area contributed by atoms with Crippen LogP contribution in [0.2, 0.25) is 0 Å². The van der Waals surface area contributed by atoms with E-state index in [1.807, 2.05) is 4.90 Å². The Morgan fingerprint density at radius 2 is 1.75 bits per heavy atom.